The molecule has 1 aliphatic rings. The third-order valence-electron chi connectivity index (χ3n) is 2.96. The van der Waals surface area contributed by atoms with Crippen molar-refractivity contribution in [2.75, 3.05) is 13.1 Å². The van der Waals surface area contributed by atoms with E-state index in [4.69, 9.17) is 19.3 Å². The van der Waals surface area contributed by atoms with Crippen molar-refractivity contribution in [2.24, 2.45) is 0 Å². The van der Waals surface area contributed by atoms with Crippen LogP contribution in [0.2, 0.25) is 12.6 Å². The zero-order chi connectivity index (χ0) is 16.8. The summed E-state index contributed by atoms with van der Waals surface area (Å²) in [5.74, 6) is 3.25. The van der Waals surface area contributed by atoms with Crippen molar-refractivity contribution in [3.8, 4) is 11.7 Å². The quantitative estimate of drug-likeness (QED) is 0.397. The number of hydrogen-bond acceptors (Lipinski definition) is 5. The zero-order valence-electron chi connectivity index (χ0n) is 13.4. The average Bonchev–Trinajstić information content (AvgIpc) is 2.57. The first-order valence-electron chi connectivity index (χ1n) is 7.34. The molecule has 0 aliphatic carbocycles. The number of benzene rings is 1. The van der Waals surface area contributed by atoms with Crippen molar-refractivity contribution in [3.63, 3.8) is 0 Å². The van der Waals surface area contributed by atoms with E-state index in [1.54, 1.807) is 0 Å². The number of hydrogen-bond donors (Lipinski definition) is 1. The summed E-state index contributed by atoms with van der Waals surface area (Å²) < 4.78 is 7.89. The Morgan fingerprint density at radius 3 is 2.41 bits per heavy atom. The molecule has 0 bridgehead atoms. The van der Waals surface area contributed by atoms with Crippen molar-refractivity contribution in [3.05, 3.63) is 29.8 Å². The highest BCUT2D eigenvalue weighted by Crippen LogP contribution is 2.25. The number of nitrogens with zero attached hydrogens (tertiary/aromatic N) is 2. The maximum absolute atomic E-state index is 8.82. The summed E-state index contributed by atoms with van der Waals surface area (Å²) in [5, 5.41) is 15.7. The minimum absolute atomic E-state index is 0.227. The van der Waals surface area contributed by atoms with Crippen LogP contribution in [0.15, 0.2) is 24.3 Å². The van der Waals surface area contributed by atoms with Gasteiger partial charge in [0.2, 0.25) is 0 Å². The van der Waals surface area contributed by atoms with Crippen LogP contribution in [-0.4, -0.2) is 35.7 Å². The molecule has 1 aromatic rings. The average molecular weight is 322 g/mol. The molecule has 120 valence electrons. The molecule has 0 radical (unpaired) electrons. The molecule has 1 aliphatic heterocycles. The fraction of sp³-hybridized carbons (Fsp3) is 0.467. The lowest BCUT2D eigenvalue weighted by atomic mass is 9.45. The second-order valence-electron chi connectivity index (χ2n) is 4.36. The molecule has 0 amide bonds. The van der Waals surface area contributed by atoms with Crippen LogP contribution in [-0.2, 0) is 4.79 Å². The van der Waals surface area contributed by atoms with E-state index in [-0.39, 0.29) is 13.2 Å². The first-order chi connectivity index (χ1) is 10.7. The van der Waals surface area contributed by atoms with Crippen molar-refractivity contribution in [1.29, 1.82) is 5.26 Å². The van der Waals surface area contributed by atoms with E-state index in [9.17, 15) is 0 Å². The number of aryl methyl sites for hydroxylation is 1. The van der Waals surface area contributed by atoms with Crippen LogP contribution in [0.25, 0.3) is 0 Å². The lowest BCUT2D eigenvalue weighted by Gasteiger charge is -2.25. The van der Waals surface area contributed by atoms with Gasteiger partial charge < -0.3 is 9.29 Å². The van der Waals surface area contributed by atoms with Gasteiger partial charge in [-0.1, -0.05) is 32.0 Å². The second-order valence-corrected chi connectivity index (χ2v) is 5.19. The first kappa shape index (κ1) is 20.4. The summed E-state index contributed by atoms with van der Waals surface area (Å²) in [6, 6.07) is 8.00. The Hall–Kier alpha value is -1.65. The maximum atomic E-state index is 8.82. The van der Waals surface area contributed by atoms with Crippen LogP contribution in [0.3, 0.4) is 0 Å². The van der Waals surface area contributed by atoms with Crippen LogP contribution in [0.1, 0.15) is 19.4 Å². The molecule has 2 rings (SSSR count). The van der Waals surface area contributed by atoms with Crippen molar-refractivity contribution >= 4 is 25.4 Å². The van der Waals surface area contributed by atoms with E-state index in [1.165, 1.54) is 12.2 Å². The van der Waals surface area contributed by atoms with Gasteiger partial charge in [-0.05, 0) is 31.2 Å². The molecule has 0 atom stereocenters. The molecular weight excluding hydrogens is 299 g/mol. The van der Waals surface area contributed by atoms with E-state index in [0.29, 0.717) is 0 Å². The number of carboxylic acid groups (broad SMARTS) is 1. The molecule has 1 fully saturated rings. The molecule has 5 nitrogen and oxygen atoms in total. The van der Waals surface area contributed by atoms with Gasteiger partial charge >= 0.3 is 0 Å². The van der Waals surface area contributed by atoms with Gasteiger partial charge in [-0.15, -0.1) is 0 Å². The van der Waals surface area contributed by atoms with E-state index < -0.39 is 0 Å². The highest BCUT2D eigenvalue weighted by Gasteiger charge is 2.23. The van der Waals surface area contributed by atoms with Crippen LogP contribution in [0, 0.1) is 18.2 Å². The van der Waals surface area contributed by atoms with Gasteiger partial charge in [0.05, 0.1) is 0 Å². The topological polar surface area (TPSA) is 73.6 Å². The Balaban J connectivity index is 0.000000789. The van der Waals surface area contributed by atoms with E-state index in [0.717, 1.165) is 37.0 Å². The molecular formula is C15H23BN2O3S. The van der Waals surface area contributed by atoms with E-state index in [1.807, 2.05) is 45.0 Å². The standard InChI is InChI=1S/C12H15BN2OS.C2H6.CH2O2/c1-11-4-2-3-5-12(11)16-17-15-8-6-13(10-14)7-9-15;1-2;2-1-3/h2-5H,6-9H2,1H3;1-2H3;1H,(H,2,3). The fourth-order valence-electron chi connectivity index (χ4n) is 1.80. The summed E-state index contributed by atoms with van der Waals surface area (Å²) in [6.07, 6.45) is 1.89. The SMILES string of the molecule is CC.Cc1ccccc1OSN1CCB(C#N)CC1.O=CO. The van der Waals surface area contributed by atoms with Gasteiger partial charge in [-0.2, -0.15) is 0 Å². The minimum atomic E-state index is -0.250. The van der Waals surface area contributed by atoms with Gasteiger partial charge in [0.1, 0.15) is 18.0 Å². The monoisotopic (exact) mass is 322 g/mol. The molecule has 1 heterocycles. The first-order valence-corrected chi connectivity index (χ1v) is 8.03. The number of para-hydroxylation sites is 1. The molecule has 0 spiro atoms. The van der Waals surface area contributed by atoms with Crippen LogP contribution < -0.4 is 4.18 Å². The Morgan fingerprint density at radius 2 is 1.91 bits per heavy atom. The van der Waals surface area contributed by atoms with Gasteiger partial charge in [0, 0.05) is 19.1 Å². The predicted molar refractivity (Wildman–Crippen MR) is 92.0 cm³/mol. The highest BCUT2D eigenvalue weighted by atomic mass is 32.2. The summed E-state index contributed by atoms with van der Waals surface area (Å²) in [6.45, 7) is 7.87. The fourth-order valence-corrected chi connectivity index (χ4v) is 2.53. The predicted octanol–water partition coefficient (Wildman–Crippen LogP) is 3.54. The lowest BCUT2D eigenvalue weighted by molar-refractivity contribution is -0.122. The Labute approximate surface area is 137 Å². The summed E-state index contributed by atoms with van der Waals surface area (Å²) in [4.78, 5) is 8.36. The molecule has 0 unspecified atom stereocenters. The Morgan fingerprint density at radius 1 is 1.36 bits per heavy atom. The summed E-state index contributed by atoms with van der Waals surface area (Å²) >= 11 is 1.40. The highest BCUT2D eigenvalue weighted by molar-refractivity contribution is 7.92. The molecule has 1 N–H and O–H groups in total. The lowest BCUT2D eigenvalue weighted by Crippen LogP contribution is -2.32. The van der Waals surface area contributed by atoms with Crippen molar-refractivity contribution in [2.45, 2.75) is 33.4 Å². The van der Waals surface area contributed by atoms with Crippen molar-refractivity contribution in [1.82, 2.24) is 4.31 Å². The number of carbonyl (C=O) groups is 1. The molecule has 7 heteroatoms. The Bertz CT molecular complexity index is 460. The van der Waals surface area contributed by atoms with Crippen LogP contribution >= 0.6 is 12.2 Å². The third kappa shape index (κ3) is 7.96. The number of rotatable bonds is 3. The molecule has 0 aromatic heterocycles. The minimum Gasteiger partial charge on any atom is -0.483 e. The zero-order valence-corrected chi connectivity index (χ0v) is 14.2. The van der Waals surface area contributed by atoms with Gasteiger partial charge in [-0.3, -0.25) is 4.79 Å². The van der Waals surface area contributed by atoms with E-state index >= 15 is 0 Å². The summed E-state index contributed by atoms with van der Waals surface area (Å²) in [5.41, 5.74) is 1.15. The van der Waals surface area contributed by atoms with Crippen LogP contribution in [0.5, 0.6) is 5.75 Å². The van der Waals surface area contributed by atoms with Gasteiger partial charge in [0.15, 0.2) is 0 Å². The normalized spacial score (nSPS) is 13.6. The summed E-state index contributed by atoms with van der Waals surface area (Å²) in [7, 11) is 0. The van der Waals surface area contributed by atoms with Crippen molar-refractivity contribution < 1.29 is 14.1 Å². The van der Waals surface area contributed by atoms with Crippen LogP contribution in [0.4, 0.5) is 0 Å². The molecule has 0 saturated carbocycles. The maximum Gasteiger partial charge on any atom is 0.290 e. The third-order valence-corrected chi connectivity index (χ3v) is 3.79. The Kier molecular flexibility index (Phi) is 12.1. The number of nitriles is 1. The molecule has 22 heavy (non-hydrogen) atoms. The van der Waals surface area contributed by atoms with Gasteiger partial charge in [0.25, 0.3) is 13.2 Å². The molecule has 1 saturated heterocycles. The molecule has 1 aromatic carbocycles. The largest absolute Gasteiger partial charge is 0.483 e. The van der Waals surface area contributed by atoms with Gasteiger partial charge in [-0.25, -0.2) is 9.57 Å². The second kappa shape index (κ2) is 13.0. The van der Waals surface area contributed by atoms with E-state index in [2.05, 4.69) is 10.3 Å². The smallest absolute Gasteiger partial charge is 0.290 e.